The van der Waals surface area contributed by atoms with Crippen molar-refractivity contribution in [1.82, 2.24) is 0 Å². The van der Waals surface area contributed by atoms with Crippen molar-refractivity contribution in [1.29, 1.82) is 0 Å². The Morgan fingerprint density at radius 1 is 0.256 bits per heavy atom. The van der Waals surface area contributed by atoms with Gasteiger partial charge in [0.2, 0.25) is 0 Å². The molecule has 6 heteroatoms. The van der Waals surface area contributed by atoms with Gasteiger partial charge in [-0.25, -0.2) is 0 Å². The summed E-state index contributed by atoms with van der Waals surface area (Å²) < 4.78 is 16.9. The van der Waals surface area contributed by atoms with Crippen LogP contribution in [-0.4, -0.2) is 37.2 Å². The van der Waals surface area contributed by atoms with E-state index in [-0.39, 0.29) is 31.1 Å². The van der Waals surface area contributed by atoms with Crippen LogP contribution in [0.2, 0.25) is 0 Å². The lowest BCUT2D eigenvalue weighted by atomic mass is 10.0. The van der Waals surface area contributed by atoms with Crippen LogP contribution < -0.4 is 0 Å². The minimum atomic E-state index is -0.768. The summed E-state index contributed by atoms with van der Waals surface area (Å²) >= 11 is 0. The molecule has 458 valence electrons. The number of rotatable bonds is 65. The van der Waals surface area contributed by atoms with E-state index >= 15 is 0 Å². The molecule has 0 bridgehead atoms. The summed E-state index contributed by atoms with van der Waals surface area (Å²) in [6.07, 6.45) is 83.4. The lowest BCUT2D eigenvalue weighted by Crippen LogP contribution is -2.30. The molecule has 78 heavy (non-hydrogen) atoms. The first-order chi connectivity index (χ1) is 38.5. The van der Waals surface area contributed by atoms with Gasteiger partial charge in [0.25, 0.3) is 0 Å². The van der Waals surface area contributed by atoms with E-state index in [1.54, 1.807) is 0 Å². The van der Waals surface area contributed by atoms with E-state index in [2.05, 4.69) is 57.2 Å². The number of unbranched alkanes of at least 4 members (excludes halogenated alkanes) is 48. The molecule has 0 fully saturated rings. The molecule has 0 radical (unpaired) electrons. The molecule has 0 aliphatic rings. The average molecular weight is 1100 g/mol. The molecule has 1 unspecified atom stereocenters. The molecule has 0 rings (SSSR count). The molecule has 0 N–H and O–H groups in total. The first kappa shape index (κ1) is 75.6. The van der Waals surface area contributed by atoms with Gasteiger partial charge in [-0.1, -0.05) is 346 Å². The Morgan fingerprint density at radius 3 is 0.718 bits per heavy atom. The summed E-state index contributed by atoms with van der Waals surface area (Å²) in [5.74, 6) is -0.847. The SMILES string of the molecule is CCCCCCC/C=C\C/C=C\C/C=C\CCCCCCCCCCCCCCC(=O)OCC(COC(=O)CCCCCCCCCC)OC(=O)CCCCCCCCCCCCCCCCCCCCCCCCCCC. The third-order valence-corrected chi connectivity index (χ3v) is 15.9. The molecule has 0 aliphatic carbocycles. The predicted molar refractivity (Wildman–Crippen MR) is 339 cm³/mol. The normalized spacial score (nSPS) is 12.2. The minimum Gasteiger partial charge on any atom is -0.462 e. The quantitative estimate of drug-likeness (QED) is 0.0261. The van der Waals surface area contributed by atoms with Crippen LogP contribution in [0.3, 0.4) is 0 Å². The van der Waals surface area contributed by atoms with Gasteiger partial charge in [0.1, 0.15) is 13.2 Å². The van der Waals surface area contributed by atoms with Crippen LogP contribution in [0.4, 0.5) is 0 Å². The topological polar surface area (TPSA) is 78.9 Å². The Labute approximate surface area is 486 Å². The third kappa shape index (κ3) is 64.5. The fourth-order valence-electron chi connectivity index (χ4n) is 10.6. The molecule has 0 aromatic carbocycles. The van der Waals surface area contributed by atoms with Crippen LogP contribution in [0.15, 0.2) is 36.5 Å². The smallest absolute Gasteiger partial charge is 0.306 e. The summed E-state index contributed by atoms with van der Waals surface area (Å²) in [5, 5.41) is 0. The maximum atomic E-state index is 12.9. The maximum absolute atomic E-state index is 12.9. The van der Waals surface area contributed by atoms with E-state index in [9.17, 15) is 14.4 Å². The van der Waals surface area contributed by atoms with Crippen LogP contribution in [0.1, 0.15) is 387 Å². The van der Waals surface area contributed by atoms with Crippen molar-refractivity contribution in [3.8, 4) is 0 Å². The van der Waals surface area contributed by atoms with Crippen LogP contribution >= 0.6 is 0 Å². The van der Waals surface area contributed by atoms with E-state index in [4.69, 9.17) is 14.2 Å². The number of carbonyl (C=O) groups is 3. The Balaban J connectivity index is 4.08. The second kappa shape index (κ2) is 67.1. The molecule has 0 aromatic heterocycles. The average Bonchev–Trinajstić information content (AvgIpc) is 3.44. The summed E-state index contributed by atoms with van der Waals surface area (Å²) in [4.78, 5) is 38.2. The van der Waals surface area contributed by atoms with Gasteiger partial charge in [-0.3, -0.25) is 14.4 Å². The molecule has 0 aromatic rings. The van der Waals surface area contributed by atoms with Gasteiger partial charge >= 0.3 is 17.9 Å². The summed E-state index contributed by atoms with van der Waals surface area (Å²) in [6, 6.07) is 0. The minimum absolute atomic E-state index is 0.0672. The molecule has 0 saturated carbocycles. The highest BCUT2D eigenvalue weighted by atomic mass is 16.6. The monoisotopic (exact) mass is 1100 g/mol. The van der Waals surface area contributed by atoms with E-state index < -0.39 is 6.10 Å². The highest BCUT2D eigenvalue weighted by Gasteiger charge is 2.19. The number of ether oxygens (including phenoxy) is 3. The predicted octanol–water partition coefficient (Wildman–Crippen LogP) is 23.9. The van der Waals surface area contributed by atoms with E-state index in [0.29, 0.717) is 19.3 Å². The van der Waals surface area contributed by atoms with Crippen LogP contribution in [0.25, 0.3) is 0 Å². The molecule has 0 heterocycles. The van der Waals surface area contributed by atoms with Crippen LogP contribution in [0, 0.1) is 0 Å². The van der Waals surface area contributed by atoms with Gasteiger partial charge in [0.05, 0.1) is 0 Å². The molecule has 1 atom stereocenters. The molecular weight excluding hydrogens is 961 g/mol. The first-order valence-corrected chi connectivity index (χ1v) is 35.0. The van der Waals surface area contributed by atoms with Gasteiger partial charge in [-0.15, -0.1) is 0 Å². The number of hydrogen-bond donors (Lipinski definition) is 0. The molecule has 0 spiro atoms. The second-order valence-electron chi connectivity index (χ2n) is 23.8. The van der Waals surface area contributed by atoms with Crippen molar-refractivity contribution in [2.45, 2.75) is 393 Å². The van der Waals surface area contributed by atoms with Crippen molar-refractivity contribution in [3.05, 3.63) is 36.5 Å². The Bertz CT molecular complexity index is 1300. The maximum Gasteiger partial charge on any atom is 0.306 e. The molecule has 6 nitrogen and oxygen atoms in total. The Kier molecular flexibility index (Phi) is 65.1. The van der Waals surface area contributed by atoms with Crippen molar-refractivity contribution in [3.63, 3.8) is 0 Å². The van der Waals surface area contributed by atoms with Crippen LogP contribution in [0.5, 0.6) is 0 Å². The Hall–Kier alpha value is -2.37. The van der Waals surface area contributed by atoms with Crippen molar-refractivity contribution in [2.75, 3.05) is 13.2 Å². The molecule has 0 amide bonds. The van der Waals surface area contributed by atoms with Gasteiger partial charge in [-0.2, -0.15) is 0 Å². The lowest BCUT2D eigenvalue weighted by molar-refractivity contribution is -0.167. The van der Waals surface area contributed by atoms with Gasteiger partial charge in [0, 0.05) is 19.3 Å². The molecule has 0 saturated heterocycles. The van der Waals surface area contributed by atoms with Gasteiger partial charge in [0.15, 0.2) is 6.10 Å². The summed E-state index contributed by atoms with van der Waals surface area (Å²) in [6.45, 7) is 6.67. The van der Waals surface area contributed by atoms with E-state index in [0.717, 1.165) is 70.6 Å². The number of allylic oxidation sites excluding steroid dienone is 6. The highest BCUT2D eigenvalue weighted by molar-refractivity contribution is 5.71. The largest absolute Gasteiger partial charge is 0.462 e. The number of carbonyl (C=O) groups excluding carboxylic acids is 3. The van der Waals surface area contributed by atoms with Gasteiger partial charge in [-0.05, 0) is 57.8 Å². The number of esters is 3. The molecule has 0 aliphatic heterocycles. The summed E-state index contributed by atoms with van der Waals surface area (Å²) in [5.41, 5.74) is 0. The van der Waals surface area contributed by atoms with Crippen molar-refractivity contribution in [2.24, 2.45) is 0 Å². The lowest BCUT2D eigenvalue weighted by Gasteiger charge is -2.18. The zero-order valence-electron chi connectivity index (χ0n) is 52.7. The Morgan fingerprint density at radius 2 is 0.462 bits per heavy atom. The highest BCUT2D eigenvalue weighted by Crippen LogP contribution is 2.18. The number of hydrogen-bond acceptors (Lipinski definition) is 6. The zero-order valence-corrected chi connectivity index (χ0v) is 52.7. The van der Waals surface area contributed by atoms with Crippen LogP contribution in [-0.2, 0) is 28.6 Å². The van der Waals surface area contributed by atoms with E-state index in [1.165, 1.54) is 276 Å². The fourth-order valence-corrected chi connectivity index (χ4v) is 10.6. The van der Waals surface area contributed by atoms with Crippen molar-refractivity contribution < 1.29 is 28.6 Å². The third-order valence-electron chi connectivity index (χ3n) is 15.9. The standard InChI is InChI=1S/C72H134O6/c1-4-7-10-13-16-19-21-23-25-27-29-31-33-35-36-38-39-41-43-45-47-49-51-53-56-59-62-65-71(74)77-68-69(67-76-70(73)64-61-58-55-18-15-12-9-6-3)78-72(75)66-63-60-57-54-52-50-48-46-44-42-40-37-34-32-30-28-26-24-22-20-17-14-11-8-5-2/h21,23,27,29,33,35,69H,4-20,22,24-26,28,30-32,34,36-68H2,1-3H3/b23-21-,29-27-,35-33-. The second-order valence-corrected chi connectivity index (χ2v) is 23.8. The van der Waals surface area contributed by atoms with Gasteiger partial charge < -0.3 is 14.2 Å². The summed E-state index contributed by atoms with van der Waals surface area (Å²) in [7, 11) is 0. The zero-order chi connectivity index (χ0) is 56.4. The first-order valence-electron chi connectivity index (χ1n) is 35.0. The molecular formula is C72H134O6. The fraction of sp³-hybridized carbons (Fsp3) is 0.875. The van der Waals surface area contributed by atoms with Crippen molar-refractivity contribution >= 4 is 17.9 Å². The van der Waals surface area contributed by atoms with E-state index in [1.807, 2.05) is 0 Å².